The minimum Gasteiger partial charge on any atom is -0.504 e. The van der Waals surface area contributed by atoms with Crippen LogP contribution in [0.15, 0.2) is 11.3 Å². The standard InChI is InChI=1S/C26H40O3/c1-5-6-7-8-16(2)18-15-22(28)26(4)13-11-19-17(23(18)26)9-10-20-24(29)21(27)12-14-25(19,20)3/h16-19,23,29H,5-15H2,1-4H3/t16?,17-,18?,19-,23-,25-,26-/m1/s1. The summed E-state index contributed by atoms with van der Waals surface area (Å²) in [5.41, 5.74) is 0.842. The number of unbranched alkanes of at least 4 members (excludes halogenated alkanes) is 2. The number of aliphatic hydroxyl groups excluding tert-OH is 1. The number of fused-ring (bicyclic) bond motifs is 5. The molecule has 3 saturated carbocycles. The molecule has 0 aliphatic heterocycles. The van der Waals surface area contributed by atoms with Gasteiger partial charge in [0.2, 0.25) is 0 Å². The van der Waals surface area contributed by atoms with Crippen molar-refractivity contribution in [2.75, 3.05) is 0 Å². The number of carbonyl (C=O) groups is 2. The quantitative estimate of drug-likeness (QED) is 0.542. The van der Waals surface area contributed by atoms with Crippen LogP contribution in [0.25, 0.3) is 0 Å². The molecule has 1 N–H and O–H groups in total. The van der Waals surface area contributed by atoms with Crippen LogP contribution in [0.2, 0.25) is 0 Å². The van der Waals surface area contributed by atoms with E-state index in [0.29, 0.717) is 41.8 Å². The van der Waals surface area contributed by atoms with E-state index in [-0.39, 0.29) is 22.4 Å². The number of carbonyl (C=O) groups excluding carboxylic acids is 2. The fourth-order valence-electron chi connectivity index (χ4n) is 8.11. The van der Waals surface area contributed by atoms with Crippen LogP contribution < -0.4 is 0 Å². The van der Waals surface area contributed by atoms with Gasteiger partial charge in [-0.15, -0.1) is 0 Å². The first-order chi connectivity index (χ1) is 13.7. The van der Waals surface area contributed by atoms with Gasteiger partial charge in [-0.1, -0.05) is 53.4 Å². The molecule has 0 aromatic carbocycles. The lowest BCUT2D eigenvalue weighted by Gasteiger charge is -2.58. The lowest BCUT2D eigenvalue weighted by molar-refractivity contribution is -0.133. The number of hydrogen-bond donors (Lipinski definition) is 1. The van der Waals surface area contributed by atoms with Gasteiger partial charge in [0.25, 0.3) is 0 Å². The highest BCUT2D eigenvalue weighted by molar-refractivity contribution is 5.95. The van der Waals surface area contributed by atoms with Crippen molar-refractivity contribution in [1.29, 1.82) is 0 Å². The van der Waals surface area contributed by atoms with Gasteiger partial charge >= 0.3 is 0 Å². The number of hydrogen-bond acceptors (Lipinski definition) is 3. The Hall–Kier alpha value is -1.12. The second-order valence-corrected chi connectivity index (χ2v) is 11.2. The van der Waals surface area contributed by atoms with E-state index in [4.69, 9.17) is 0 Å². The van der Waals surface area contributed by atoms with Crippen LogP contribution >= 0.6 is 0 Å². The van der Waals surface area contributed by atoms with Crippen LogP contribution in [0, 0.1) is 40.4 Å². The zero-order valence-electron chi connectivity index (χ0n) is 18.9. The predicted octanol–water partition coefficient (Wildman–Crippen LogP) is 6.42. The van der Waals surface area contributed by atoms with Crippen LogP contribution in [0.3, 0.4) is 0 Å². The Labute approximate surface area is 176 Å². The van der Waals surface area contributed by atoms with E-state index in [1.165, 1.54) is 25.7 Å². The fourth-order valence-corrected chi connectivity index (χ4v) is 8.11. The molecule has 0 amide bonds. The summed E-state index contributed by atoms with van der Waals surface area (Å²) in [6.45, 7) is 9.22. The molecule has 4 aliphatic carbocycles. The van der Waals surface area contributed by atoms with Crippen molar-refractivity contribution in [2.45, 2.75) is 98.3 Å². The first-order valence-electron chi connectivity index (χ1n) is 12.2. The smallest absolute Gasteiger partial charge is 0.197 e. The Morgan fingerprint density at radius 3 is 2.55 bits per heavy atom. The Balaban J connectivity index is 1.65. The van der Waals surface area contributed by atoms with E-state index in [2.05, 4.69) is 27.7 Å². The van der Waals surface area contributed by atoms with Crippen molar-refractivity contribution in [2.24, 2.45) is 40.4 Å². The van der Waals surface area contributed by atoms with Crippen molar-refractivity contribution in [3.63, 3.8) is 0 Å². The van der Waals surface area contributed by atoms with E-state index in [1.54, 1.807) is 0 Å². The van der Waals surface area contributed by atoms with Crippen molar-refractivity contribution < 1.29 is 14.7 Å². The van der Waals surface area contributed by atoms with E-state index in [9.17, 15) is 14.7 Å². The zero-order chi connectivity index (χ0) is 21.0. The van der Waals surface area contributed by atoms with E-state index in [1.807, 2.05) is 0 Å². The zero-order valence-corrected chi connectivity index (χ0v) is 18.9. The van der Waals surface area contributed by atoms with Gasteiger partial charge in [-0.3, -0.25) is 9.59 Å². The third-order valence-corrected chi connectivity index (χ3v) is 9.86. The van der Waals surface area contributed by atoms with E-state index >= 15 is 0 Å². The average molecular weight is 401 g/mol. The number of rotatable bonds is 5. The molecule has 0 aromatic rings. The first kappa shape index (κ1) is 21.1. The topological polar surface area (TPSA) is 54.4 Å². The highest BCUT2D eigenvalue weighted by atomic mass is 16.3. The largest absolute Gasteiger partial charge is 0.504 e. The molecule has 3 fully saturated rings. The van der Waals surface area contributed by atoms with Crippen molar-refractivity contribution in [1.82, 2.24) is 0 Å². The highest BCUT2D eigenvalue weighted by Crippen LogP contribution is 2.66. The molecule has 3 heteroatoms. The monoisotopic (exact) mass is 400 g/mol. The molecular formula is C26H40O3. The second kappa shape index (κ2) is 7.54. The molecule has 3 nitrogen and oxygen atoms in total. The lowest BCUT2D eigenvalue weighted by atomic mass is 9.46. The summed E-state index contributed by atoms with van der Waals surface area (Å²) < 4.78 is 0. The molecule has 7 atom stereocenters. The lowest BCUT2D eigenvalue weighted by Crippen LogP contribution is -2.52. The molecule has 0 bridgehead atoms. The molecule has 0 spiro atoms. The van der Waals surface area contributed by atoms with Gasteiger partial charge in [0.1, 0.15) is 5.78 Å². The maximum atomic E-state index is 13.2. The minimum atomic E-state index is -0.144. The van der Waals surface area contributed by atoms with Crippen LogP contribution in [0.1, 0.15) is 98.3 Å². The summed E-state index contributed by atoms with van der Waals surface area (Å²) in [7, 11) is 0. The first-order valence-corrected chi connectivity index (χ1v) is 12.2. The van der Waals surface area contributed by atoms with Crippen LogP contribution in [-0.2, 0) is 9.59 Å². The molecule has 2 unspecified atom stereocenters. The molecular weight excluding hydrogens is 360 g/mol. The molecule has 0 radical (unpaired) electrons. The number of allylic oxidation sites excluding steroid dienone is 1. The second-order valence-electron chi connectivity index (χ2n) is 11.2. The summed E-state index contributed by atoms with van der Waals surface area (Å²) in [5.74, 6) is 3.23. The van der Waals surface area contributed by atoms with Crippen molar-refractivity contribution >= 4 is 11.6 Å². The SMILES string of the molecule is CCCCCC(C)C1CC(=O)[C@@]2(C)CC[C@@H]3[C@@H](CCC4=C(O)C(=O)CC[C@@]43C)[C@H]12. The third kappa shape index (κ3) is 3.13. The normalized spacial score (nSPS) is 43.0. The molecule has 0 aromatic heterocycles. The molecule has 0 saturated heterocycles. The predicted molar refractivity (Wildman–Crippen MR) is 115 cm³/mol. The average Bonchev–Trinajstić information content (AvgIpc) is 2.96. The maximum absolute atomic E-state index is 13.2. The van der Waals surface area contributed by atoms with Gasteiger partial charge in [0, 0.05) is 18.3 Å². The molecule has 4 aliphatic rings. The number of aliphatic hydroxyl groups is 1. The molecule has 29 heavy (non-hydrogen) atoms. The van der Waals surface area contributed by atoms with Gasteiger partial charge in [0.05, 0.1) is 0 Å². The third-order valence-electron chi connectivity index (χ3n) is 9.86. The Kier molecular flexibility index (Phi) is 5.49. The Morgan fingerprint density at radius 1 is 1.07 bits per heavy atom. The van der Waals surface area contributed by atoms with Gasteiger partial charge in [-0.25, -0.2) is 0 Å². The maximum Gasteiger partial charge on any atom is 0.197 e. The summed E-state index contributed by atoms with van der Waals surface area (Å²) in [4.78, 5) is 25.4. The summed E-state index contributed by atoms with van der Waals surface area (Å²) >= 11 is 0. The molecule has 4 rings (SSSR count). The van der Waals surface area contributed by atoms with Crippen molar-refractivity contribution in [3.8, 4) is 0 Å². The van der Waals surface area contributed by atoms with Crippen molar-refractivity contribution in [3.05, 3.63) is 11.3 Å². The van der Waals surface area contributed by atoms with E-state index < -0.39 is 0 Å². The number of ketones is 2. The molecule has 0 heterocycles. The summed E-state index contributed by atoms with van der Waals surface area (Å²) in [6.07, 6.45) is 11.1. The number of Topliss-reactive ketones (excluding diaryl/α,β-unsaturated/α-hetero) is 2. The fraction of sp³-hybridized carbons (Fsp3) is 0.846. The van der Waals surface area contributed by atoms with Gasteiger partial charge in [-0.05, 0) is 72.7 Å². The van der Waals surface area contributed by atoms with Gasteiger partial charge in [-0.2, -0.15) is 0 Å². The van der Waals surface area contributed by atoms with Gasteiger partial charge < -0.3 is 5.11 Å². The van der Waals surface area contributed by atoms with E-state index in [0.717, 1.165) is 44.1 Å². The Morgan fingerprint density at radius 2 is 1.83 bits per heavy atom. The van der Waals surface area contributed by atoms with Crippen LogP contribution in [0.4, 0.5) is 0 Å². The minimum absolute atomic E-state index is 0.0517. The van der Waals surface area contributed by atoms with Crippen LogP contribution in [-0.4, -0.2) is 16.7 Å². The summed E-state index contributed by atoms with van der Waals surface area (Å²) in [5, 5.41) is 10.5. The Bertz CT molecular complexity index is 721. The molecule has 162 valence electrons. The van der Waals surface area contributed by atoms with Crippen LogP contribution in [0.5, 0.6) is 0 Å². The van der Waals surface area contributed by atoms with Gasteiger partial charge in [0.15, 0.2) is 11.5 Å². The summed E-state index contributed by atoms with van der Waals surface area (Å²) in [6, 6.07) is 0. The highest BCUT2D eigenvalue weighted by Gasteiger charge is 2.62.